The van der Waals surface area contributed by atoms with Gasteiger partial charge < -0.3 is 26.2 Å². The second-order valence-corrected chi connectivity index (χ2v) is 14.5. The lowest BCUT2D eigenvalue weighted by atomic mass is 10.0. The maximum absolute atomic E-state index is 13.6. The first kappa shape index (κ1) is 43.8. The molecule has 0 fully saturated rings. The Kier molecular flexibility index (Phi) is 24.3. The third-order valence-corrected chi connectivity index (χ3v) is 10.1. The van der Waals surface area contributed by atoms with Crippen molar-refractivity contribution < 1.29 is 29.0 Å². The Balaban J connectivity index is 1.80. The van der Waals surface area contributed by atoms with Crippen LogP contribution in [0.4, 0.5) is 0 Å². The molecule has 1 unspecified atom stereocenters. The third kappa shape index (κ3) is 20.9. The van der Waals surface area contributed by atoms with Crippen LogP contribution < -0.4 is 16.4 Å². The molecule has 2 aromatic rings. The number of unbranched alkanes of at least 4 members (excludes halogenated alkanes) is 15. The Morgan fingerprint density at radius 1 is 0.725 bits per heavy atom. The number of esters is 1. The van der Waals surface area contributed by atoms with Gasteiger partial charge in [0.15, 0.2) is 6.04 Å². The molecule has 2 amide bonds. The number of hydrogen-bond donors (Lipinski definition) is 4. The number of hydrogen-bond acceptors (Lipinski definition) is 7. The first-order valence-corrected chi connectivity index (χ1v) is 20.4. The van der Waals surface area contributed by atoms with Gasteiger partial charge in [-0.3, -0.25) is 14.4 Å². The number of amides is 2. The van der Waals surface area contributed by atoms with E-state index in [-0.39, 0.29) is 25.2 Å². The molecule has 0 saturated carbocycles. The highest BCUT2D eigenvalue weighted by Gasteiger charge is 2.29. The first-order chi connectivity index (χ1) is 24.8. The molecule has 0 spiro atoms. The summed E-state index contributed by atoms with van der Waals surface area (Å²) in [6, 6.07) is 15.5. The molecule has 2 rings (SSSR count). The van der Waals surface area contributed by atoms with E-state index in [0.29, 0.717) is 11.3 Å². The van der Waals surface area contributed by atoms with Crippen LogP contribution in [0.3, 0.4) is 0 Å². The fourth-order valence-corrected chi connectivity index (χ4v) is 6.82. The number of thioether (sulfide) groups is 1. The molecule has 10 heteroatoms. The van der Waals surface area contributed by atoms with Gasteiger partial charge >= 0.3 is 11.9 Å². The van der Waals surface area contributed by atoms with Crippen molar-refractivity contribution >= 4 is 35.5 Å². The molecule has 284 valence electrons. The molecule has 5 N–H and O–H groups in total. The van der Waals surface area contributed by atoms with Gasteiger partial charge in [0.2, 0.25) is 11.8 Å². The molecule has 0 saturated heterocycles. The normalized spacial score (nSPS) is 12.8. The van der Waals surface area contributed by atoms with Crippen LogP contribution in [-0.2, 0) is 29.7 Å². The van der Waals surface area contributed by atoms with Gasteiger partial charge in [-0.15, -0.1) is 0 Å². The number of ether oxygens (including phenoxy) is 1. The lowest BCUT2D eigenvalue weighted by Crippen LogP contribution is -2.50. The smallest absolute Gasteiger partial charge is 0.333 e. The summed E-state index contributed by atoms with van der Waals surface area (Å²) in [5, 5.41) is 14.6. The minimum absolute atomic E-state index is 0.0645. The lowest BCUT2D eigenvalue weighted by molar-refractivity contribution is -0.148. The predicted octanol–water partition coefficient (Wildman–Crippen LogP) is 8.26. The molecule has 0 aliphatic carbocycles. The van der Waals surface area contributed by atoms with Crippen molar-refractivity contribution in [2.45, 2.75) is 146 Å². The molecule has 51 heavy (non-hydrogen) atoms. The largest absolute Gasteiger partial charge is 0.480 e. The summed E-state index contributed by atoms with van der Waals surface area (Å²) >= 11 is 1.47. The van der Waals surface area contributed by atoms with Crippen molar-refractivity contribution in [2.24, 2.45) is 5.73 Å². The van der Waals surface area contributed by atoms with Crippen molar-refractivity contribution in [3.8, 4) is 0 Å². The zero-order valence-electron chi connectivity index (χ0n) is 30.8. The highest BCUT2D eigenvalue weighted by molar-refractivity contribution is 7.98. The fraction of sp³-hybridized carbons (Fsp3) is 0.610. The lowest BCUT2D eigenvalue weighted by Gasteiger charge is -2.23. The summed E-state index contributed by atoms with van der Waals surface area (Å²) < 4.78 is 5.65. The van der Waals surface area contributed by atoms with Gasteiger partial charge in [-0.05, 0) is 24.0 Å². The molecule has 0 heterocycles. The highest BCUT2D eigenvalue weighted by Crippen LogP contribution is 2.18. The van der Waals surface area contributed by atoms with E-state index >= 15 is 0 Å². The maximum Gasteiger partial charge on any atom is 0.333 e. The summed E-state index contributed by atoms with van der Waals surface area (Å²) in [6.45, 7) is 2.53. The van der Waals surface area contributed by atoms with Crippen LogP contribution in [0.2, 0.25) is 0 Å². The average Bonchev–Trinajstić information content (AvgIpc) is 3.14. The molecule has 3 atom stereocenters. The SMILES string of the molecule is CCCCCCCCCCCCCCCCCCOC(=O)C(NC(=O)[C@H](CSCc1ccccc1)NC(=O)CC[C@H](N)C(=O)O)c1ccccc1. The van der Waals surface area contributed by atoms with E-state index in [1.165, 1.54) is 95.2 Å². The number of carbonyl (C=O) groups excluding carboxylic acids is 3. The topological polar surface area (TPSA) is 148 Å². The molecule has 2 aromatic carbocycles. The van der Waals surface area contributed by atoms with Gasteiger partial charge in [0, 0.05) is 17.9 Å². The summed E-state index contributed by atoms with van der Waals surface area (Å²) in [5.41, 5.74) is 7.22. The minimum Gasteiger partial charge on any atom is -0.480 e. The molecule has 9 nitrogen and oxygen atoms in total. The van der Waals surface area contributed by atoms with Crippen LogP contribution in [0.1, 0.15) is 140 Å². The van der Waals surface area contributed by atoms with Crippen LogP contribution in [0.25, 0.3) is 0 Å². The van der Waals surface area contributed by atoms with E-state index in [2.05, 4.69) is 17.6 Å². The molecule has 0 aliphatic rings. The number of carbonyl (C=O) groups is 4. The number of nitrogens with one attached hydrogen (secondary N) is 2. The highest BCUT2D eigenvalue weighted by atomic mass is 32.2. The van der Waals surface area contributed by atoms with Gasteiger partial charge in [0.25, 0.3) is 0 Å². The summed E-state index contributed by atoms with van der Waals surface area (Å²) in [5.74, 6) is -1.90. The van der Waals surface area contributed by atoms with Crippen LogP contribution in [0.15, 0.2) is 60.7 Å². The van der Waals surface area contributed by atoms with Crippen LogP contribution in [-0.4, -0.2) is 53.3 Å². The monoisotopic (exact) mass is 725 g/mol. The second-order valence-electron chi connectivity index (χ2n) is 13.4. The van der Waals surface area contributed by atoms with Crippen LogP contribution in [0.5, 0.6) is 0 Å². The standard InChI is InChI=1S/C41H63N3O6S/c1-2-3-4-5-6-7-8-9-10-11-12-13-14-15-16-23-30-50-41(49)38(34-26-21-18-22-27-34)44-39(46)36(32-51-31-33-24-19-17-20-25-33)43-37(45)29-28-35(42)40(47)48/h17-22,24-27,35-36,38H,2-16,23,28-32,42H2,1H3,(H,43,45)(H,44,46)(H,47,48)/t35-,36-,38?/m0/s1. The fourth-order valence-electron chi connectivity index (χ4n) is 5.80. The molecular weight excluding hydrogens is 663 g/mol. The van der Waals surface area contributed by atoms with E-state index in [0.717, 1.165) is 24.8 Å². The van der Waals surface area contributed by atoms with Gasteiger partial charge in [0.05, 0.1) is 6.61 Å². The second kappa shape index (κ2) is 28.2. The number of nitrogens with two attached hydrogens (primary N) is 1. The van der Waals surface area contributed by atoms with Crippen LogP contribution in [0, 0.1) is 0 Å². The number of carboxylic acids is 1. The molecule has 0 aliphatic heterocycles. The van der Waals surface area contributed by atoms with Crippen molar-refractivity contribution in [1.29, 1.82) is 0 Å². The Labute approximate surface area is 310 Å². The Bertz CT molecular complexity index is 1230. The summed E-state index contributed by atoms with van der Waals surface area (Å²) in [6.07, 6.45) is 20.0. The molecule has 0 aromatic heterocycles. The minimum atomic E-state index is -1.20. The maximum atomic E-state index is 13.6. The van der Waals surface area contributed by atoms with Gasteiger partial charge in [-0.1, -0.05) is 164 Å². The van der Waals surface area contributed by atoms with Crippen LogP contribution >= 0.6 is 11.8 Å². The van der Waals surface area contributed by atoms with Crippen molar-refractivity contribution in [3.63, 3.8) is 0 Å². The van der Waals surface area contributed by atoms with E-state index in [1.54, 1.807) is 24.3 Å². The van der Waals surface area contributed by atoms with E-state index in [1.807, 2.05) is 36.4 Å². The third-order valence-electron chi connectivity index (χ3n) is 8.94. The number of benzene rings is 2. The summed E-state index contributed by atoms with van der Waals surface area (Å²) in [7, 11) is 0. The van der Waals surface area contributed by atoms with E-state index < -0.39 is 41.9 Å². The zero-order chi connectivity index (χ0) is 36.9. The average molecular weight is 726 g/mol. The Hall–Kier alpha value is -3.37. The Morgan fingerprint density at radius 2 is 1.24 bits per heavy atom. The first-order valence-electron chi connectivity index (χ1n) is 19.2. The Morgan fingerprint density at radius 3 is 1.76 bits per heavy atom. The number of rotatable bonds is 30. The van der Waals surface area contributed by atoms with Gasteiger partial charge in [-0.25, -0.2) is 4.79 Å². The quantitative estimate of drug-likeness (QED) is 0.0465. The molecular formula is C41H63N3O6S. The van der Waals surface area contributed by atoms with Crippen molar-refractivity contribution in [3.05, 3.63) is 71.8 Å². The van der Waals surface area contributed by atoms with Crippen molar-refractivity contribution in [1.82, 2.24) is 10.6 Å². The van der Waals surface area contributed by atoms with E-state index in [4.69, 9.17) is 15.6 Å². The van der Waals surface area contributed by atoms with Gasteiger partial charge in [0.1, 0.15) is 12.1 Å². The van der Waals surface area contributed by atoms with Crippen molar-refractivity contribution in [2.75, 3.05) is 12.4 Å². The summed E-state index contributed by atoms with van der Waals surface area (Å²) in [4.78, 5) is 50.8. The van der Waals surface area contributed by atoms with Gasteiger partial charge in [-0.2, -0.15) is 11.8 Å². The molecule has 0 bridgehead atoms. The molecule has 0 radical (unpaired) electrons. The number of aliphatic carboxylic acids is 1. The zero-order valence-corrected chi connectivity index (χ0v) is 31.6. The number of carboxylic acid groups (broad SMARTS) is 1. The predicted molar refractivity (Wildman–Crippen MR) is 207 cm³/mol. The van der Waals surface area contributed by atoms with E-state index in [9.17, 15) is 19.2 Å².